The van der Waals surface area contributed by atoms with Gasteiger partial charge in [-0.15, -0.1) is 0 Å². The number of benzene rings is 2. The second-order valence-corrected chi connectivity index (χ2v) is 7.27. The van der Waals surface area contributed by atoms with Crippen LogP contribution < -0.4 is 11.1 Å². The molecule has 0 aliphatic heterocycles. The number of amides is 1. The molecule has 0 unspecified atom stereocenters. The molecule has 0 spiro atoms. The Bertz CT molecular complexity index is 987. The maximum absolute atomic E-state index is 13.2. The monoisotopic (exact) mass is 497 g/mol. The molecule has 0 saturated carbocycles. The van der Waals surface area contributed by atoms with Crippen molar-refractivity contribution in [1.29, 1.82) is 0 Å². The van der Waals surface area contributed by atoms with E-state index in [1.165, 1.54) is 24.4 Å². The fourth-order valence-corrected chi connectivity index (χ4v) is 3.00. The van der Waals surface area contributed by atoms with E-state index in [-0.39, 0.29) is 5.69 Å². The van der Waals surface area contributed by atoms with Gasteiger partial charge in [-0.05, 0) is 76.2 Å². The van der Waals surface area contributed by atoms with E-state index in [9.17, 15) is 18.0 Å². The first-order chi connectivity index (χ1) is 13.2. The van der Waals surface area contributed by atoms with E-state index in [0.717, 1.165) is 21.4 Å². The molecule has 0 fully saturated rings. The lowest BCUT2D eigenvalue weighted by molar-refractivity contribution is -0.137. The zero-order chi connectivity index (χ0) is 20.3. The number of nitrogens with one attached hydrogen (secondary N) is 1. The summed E-state index contributed by atoms with van der Waals surface area (Å²) in [6.07, 6.45) is -3.11. The third kappa shape index (κ3) is 4.80. The quantitative estimate of drug-likeness (QED) is 0.484. The van der Waals surface area contributed by atoms with Gasteiger partial charge in [0.05, 0.1) is 5.56 Å². The molecule has 28 heavy (non-hydrogen) atoms. The van der Waals surface area contributed by atoms with Crippen LogP contribution in [0.5, 0.6) is 0 Å². The van der Waals surface area contributed by atoms with Crippen molar-refractivity contribution in [2.75, 3.05) is 5.32 Å². The summed E-state index contributed by atoms with van der Waals surface area (Å²) >= 11 is 2.19. The minimum Gasteiger partial charge on any atom is -0.381 e. The van der Waals surface area contributed by atoms with Gasteiger partial charge in [-0.25, -0.2) is 0 Å². The summed E-state index contributed by atoms with van der Waals surface area (Å²) in [6, 6.07) is 14.2. The third-order valence-electron chi connectivity index (χ3n) is 4.09. The standard InChI is InChI=1S/C20H15F3IN3O/c21-20(22,23)14-3-1-12(10-26-16-6-4-15(24)5-7-16)17(9-14)13-2-8-18(19(25)28)27-11-13/h1-9,11,26H,10H2,(H2,25,28). The van der Waals surface area contributed by atoms with Crippen LogP contribution >= 0.6 is 22.6 Å². The van der Waals surface area contributed by atoms with Gasteiger partial charge in [0.25, 0.3) is 5.91 Å². The van der Waals surface area contributed by atoms with Gasteiger partial charge in [0.15, 0.2) is 0 Å². The Morgan fingerprint density at radius 2 is 1.79 bits per heavy atom. The van der Waals surface area contributed by atoms with Crippen molar-refractivity contribution in [1.82, 2.24) is 4.98 Å². The maximum Gasteiger partial charge on any atom is 0.416 e. The van der Waals surface area contributed by atoms with Crippen molar-refractivity contribution in [2.45, 2.75) is 12.7 Å². The molecule has 3 aromatic rings. The highest BCUT2D eigenvalue weighted by Crippen LogP contribution is 2.34. The van der Waals surface area contributed by atoms with Gasteiger partial charge in [-0.2, -0.15) is 13.2 Å². The Morgan fingerprint density at radius 3 is 2.36 bits per heavy atom. The van der Waals surface area contributed by atoms with Crippen LogP contribution in [-0.4, -0.2) is 10.9 Å². The number of pyridine rings is 1. The molecule has 3 rings (SSSR count). The Kier molecular flexibility index (Phi) is 5.87. The summed E-state index contributed by atoms with van der Waals surface area (Å²) < 4.78 is 40.6. The van der Waals surface area contributed by atoms with Crippen LogP contribution in [0.4, 0.5) is 18.9 Å². The van der Waals surface area contributed by atoms with Crippen LogP contribution in [0, 0.1) is 3.57 Å². The van der Waals surface area contributed by atoms with Crippen molar-refractivity contribution in [3.8, 4) is 11.1 Å². The number of carbonyl (C=O) groups excluding carboxylic acids is 1. The van der Waals surface area contributed by atoms with Crippen LogP contribution in [0.15, 0.2) is 60.8 Å². The highest BCUT2D eigenvalue weighted by atomic mass is 127. The van der Waals surface area contributed by atoms with E-state index in [0.29, 0.717) is 23.2 Å². The predicted octanol–water partition coefficient (Wildman–Crippen LogP) is 5.08. The number of halogens is 4. The number of anilines is 1. The Labute approximate surface area is 173 Å². The molecule has 4 nitrogen and oxygen atoms in total. The molecule has 0 saturated heterocycles. The molecule has 144 valence electrons. The lowest BCUT2D eigenvalue weighted by atomic mass is 9.97. The van der Waals surface area contributed by atoms with Gasteiger partial charge in [0, 0.05) is 27.6 Å². The molecule has 8 heteroatoms. The third-order valence-corrected chi connectivity index (χ3v) is 4.81. The van der Waals surface area contributed by atoms with E-state index in [2.05, 4.69) is 32.9 Å². The fourth-order valence-electron chi connectivity index (χ4n) is 2.64. The largest absolute Gasteiger partial charge is 0.416 e. The topological polar surface area (TPSA) is 68.0 Å². The van der Waals surface area contributed by atoms with Crippen LogP contribution in [0.25, 0.3) is 11.1 Å². The zero-order valence-electron chi connectivity index (χ0n) is 14.4. The molecule has 0 bridgehead atoms. The lowest BCUT2D eigenvalue weighted by Crippen LogP contribution is -2.12. The van der Waals surface area contributed by atoms with Crippen LogP contribution in [0.3, 0.4) is 0 Å². The van der Waals surface area contributed by atoms with E-state index in [1.807, 2.05) is 24.3 Å². The lowest BCUT2D eigenvalue weighted by Gasteiger charge is -2.15. The van der Waals surface area contributed by atoms with E-state index >= 15 is 0 Å². The second-order valence-electron chi connectivity index (χ2n) is 6.03. The zero-order valence-corrected chi connectivity index (χ0v) is 16.6. The smallest absolute Gasteiger partial charge is 0.381 e. The fraction of sp³-hybridized carbons (Fsp3) is 0.100. The van der Waals surface area contributed by atoms with Gasteiger partial charge < -0.3 is 11.1 Å². The highest BCUT2D eigenvalue weighted by Gasteiger charge is 2.31. The molecule has 0 atom stereocenters. The van der Waals surface area contributed by atoms with Gasteiger partial charge in [0.1, 0.15) is 5.69 Å². The van der Waals surface area contributed by atoms with E-state index < -0.39 is 17.6 Å². The molecule has 0 aliphatic carbocycles. The molecular formula is C20H15F3IN3O. The van der Waals surface area contributed by atoms with Crippen LogP contribution in [-0.2, 0) is 12.7 Å². The number of hydrogen-bond acceptors (Lipinski definition) is 3. The number of alkyl halides is 3. The summed E-state index contributed by atoms with van der Waals surface area (Å²) in [5.41, 5.74) is 6.85. The van der Waals surface area contributed by atoms with Gasteiger partial charge in [-0.3, -0.25) is 9.78 Å². The summed E-state index contributed by atoms with van der Waals surface area (Å²) in [5.74, 6) is -0.698. The van der Waals surface area contributed by atoms with Crippen LogP contribution in [0.1, 0.15) is 21.6 Å². The van der Waals surface area contributed by atoms with Gasteiger partial charge >= 0.3 is 6.18 Å². The van der Waals surface area contributed by atoms with Gasteiger partial charge in [0.2, 0.25) is 0 Å². The molecule has 0 radical (unpaired) electrons. The molecule has 1 amide bonds. The normalized spacial score (nSPS) is 11.3. The average molecular weight is 497 g/mol. The van der Waals surface area contributed by atoms with Crippen molar-refractivity contribution in [2.24, 2.45) is 5.73 Å². The molecule has 2 aromatic carbocycles. The Morgan fingerprint density at radius 1 is 1.07 bits per heavy atom. The molecule has 0 aliphatic rings. The number of hydrogen-bond donors (Lipinski definition) is 2. The van der Waals surface area contributed by atoms with E-state index in [1.54, 1.807) is 0 Å². The number of nitrogens with zero attached hydrogens (tertiary/aromatic N) is 1. The summed E-state index contributed by atoms with van der Waals surface area (Å²) in [5, 5.41) is 3.21. The average Bonchev–Trinajstić information content (AvgIpc) is 2.67. The minimum atomic E-state index is -4.46. The number of aromatic nitrogens is 1. The predicted molar refractivity (Wildman–Crippen MR) is 110 cm³/mol. The summed E-state index contributed by atoms with van der Waals surface area (Å²) in [6.45, 7) is 0.325. The number of carbonyl (C=O) groups is 1. The van der Waals surface area contributed by atoms with Crippen molar-refractivity contribution in [3.63, 3.8) is 0 Å². The highest BCUT2D eigenvalue weighted by molar-refractivity contribution is 14.1. The maximum atomic E-state index is 13.2. The first-order valence-corrected chi connectivity index (χ1v) is 9.28. The minimum absolute atomic E-state index is 0.0503. The summed E-state index contributed by atoms with van der Waals surface area (Å²) in [7, 11) is 0. The second kappa shape index (κ2) is 8.17. The van der Waals surface area contributed by atoms with Crippen molar-refractivity contribution >= 4 is 34.2 Å². The number of rotatable bonds is 5. The first-order valence-electron chi connectivity index (χ1n) is 8.20. The number of nitrogens with two attached hydrogens (primary N) is 1. The first kappa shape index (κ1) is 20.1. The Balaban J connectivity index is 1.96. The van der Waals surface area contributed by atoms with Gasteiger partial charge in [-0.1, -0.05) is 12.1 Å². The SMILES string of the molecule is NC(=O)c1ccc(-c2cc(C(F)(F)F)ccc2CNc2ccc(I)cc2)cn1. The molecule has 1 aromatic heterocycles. The summed E-state index contributed by atoms with van der Waals surface area (Å²) in [4.78, 5) is 15.1. The van der Waals surface area contributed by atoms with E-state index in [4.69, 9.17) is 5.73 Å². The Hall–Kier alpha value is -2.62. The molecule has 1 heterocycles. The number of primary amides is 1. The van der Waals surface area contributed by atoms with Crippen LogP contribution in [0.2, 0.25) is 0 Å². The van der Waals surface area contributed by atoms with Crippen molar-refractivity contribution < 1.29 is 18.0 Å². The van der Waals surface area contributed by atoms with Crippen molar-refractivity contribution in [3.05, 3.63) is 81.2 Å². The molecular weight excluding hydrogens is 482 g/mol. The molecule has 3 N–H and O–H groups in total.